The van der Waals surface area contributed by atoms with Gasteiger partial charge in [0.25, 0.3) is 0 Å². The van der Waals surface area contributed by atoms with Crippen molar-refractivity contribution in [1.29, 1.82) is 0 Å². The number of halogens is 1. The fourth-order valence-electron chi connectivity index (χ4n) is 1.54. The second-order valence-electron chi connectivity index (χ2n) is 3.72. The van der Waals surface area contributed by atoms with Gasteiger partial charge in [-0.15, -0.1) is 0 Å². The molecule has 0 aliphatic heterocycles. The zero-order valence-electron chi connectivity index (χ0n) is 10.3. The molecule has 0 aliphatic rings. The minimum Gasteiger partial charge on any atom is -0.461 e. The van der Waals surface area contributed by atoms with E-state index in [1.165, 1.54) is 6.07 Å². The highest BCUT2D eigenvalue weighted by Gasteiger charge is 2.12. The molecule has 1 aromatic carbocycles. The summed E-state index contributed by atoms with van der Waals surface area (Å²) < 4.78 is 4.89. The first kappa shape index (κ1) is 13.3. The number of nitrogens with zero attached hydrogens (tertiary/aromatic N) is 2. The molecular formula is C13H12ClN3O2. The van der Waals surface area contributed by atoms with Gasteiger partial charge in [-0.3, -0.25) is 0 Å². The number of ether oxygens (including phenoxy) is 1. The molecule has 6 heteroatoms. The van der Waals surface area contributed by atoms with Crippen molar-refractivity contribution in [3.63, 3.8) is 0 Å². The fourth-order valence-corrected chi connectivity index (χ4v) is 1.67. The standard InChI is InChI=1S/C13H12ClN3O2/c1-2-19-12(18)11-7-10(16-13(15)17-11)8-3-5-9(14)6-4-8/h3-7H,2H2,1H3,(H2,15,16,17). The van der Waals surface area contributed by atoms with E-state index in [1.54, 1.807) is 31.2 Å². The van der Waals surface area contributed by atoms with Crippen molar-refractivity contribution in [2.45, 2.75) is 6.92 Å². The molecule has 2 rings (SSSR count). The molecule has 0 saturated heterocycles. The molecule has 0 unspecified atom stereocenters. The minimum absolute atomic E-state index is 0.0236. The number of nitrogen functional groups attached to an aromatic ring is 1. The third-order valence-electron chi connectivity index (χ3n) is 2.37. The molecule has 1 aromatic heterocycles. The zero-order valence-corrected chi connectivity index (χ0v) is 11.0. The summed E-state index contributed by atoms with van der Waals surface area (Å²) in [6.45, 7) is 2.00. The SMILES string of the molecule is CCOC(=O)c1cc(-c2ccc(Cl)cc2)nc(N)n1. The van der Waals surface area contributed by atoms with Gasteiger partial charge in [-0.25, -0.2) is 14.8 Å². The number of nitrogens with two attached hydrogens (primary N) is 1. The summed E-state index contributed by atoms with van der Waals surface area (Å²) in [7, 11) is 0. The number of anilines is 1. The Labute approximate surface area is 115 Å². The number of carbonyl (C=O) groups excluding carboxylic acids is 1. The van der Waals surface area contributed by atoms with E-state index in [4.69, 9.17) is 22.1 Å². The van der Waals surface area contributed by atoms with Crippen LogP contribution >= 0.6 is 11.6 Å². The molecular weight excluding hydrogens is 266 g/mol. The summed E-state index contributed by atoms with van der Waals surface area (Å²) in [4.78, 5) is 19.6. The van der Waals surface area contributed by atoms with E-state index in [0.29, 0.717) is 10.7 Å². The Balaban J connectivity index is 2.41. The van der Waals surface area contributed by atoms with Crippen molar-refractivity contribution >= 4 is 23.5 Å². The van der Waals surface area contributed by atoms with Crippen molar-refractivity contribution in [1.82, 2.24) is 9.97 Å². The lowest BCUT2D eigenvalue weighted by molar-refractivity contribution is 0.0519. The third kappa shape index (κ3) is 3.20. The van der Waals surface area contributed by atoms with Gasteiger partial charge >= 0.3 is 5.97 Å². The topological polar surface area (TPSA) is 78.1 Å². The van der Waals surface area contributed by atoms with Gasteiger partial charge in [-0.1, -0.05) is 23.7 Å². The highest BCUT2D eigenvalue weighted by molar-refractivity contribution is 6.30. The molecule has 19 heavy (non-hydrogen) atoms. The van der Waals surface area contributed by atoms with E-state index >= 15 is 0 Å². The van der Waals surface area contributed by atoms with E-state index in [2.05, 4.69) is 9.97 Å². The zero-order chi connectivity index (χ0) is 13.8. The van der Waals surface area contributed by atoms with Crippen molar-refractivity contribution in [3.8, 4) is 11.3 Å². The molecule has 5 nitrogen and oxygen atoms in total. The molecule has 0 spiro atoms. The van der Waals surface area contributed by atoms with E-state index in [1.807, 2.05) is 0 Å². The average molecular weight is 278 g/mol. The maximum Gasteiger partial charge on any atom is 0.357 e. The summed E-state index contributed by atoms with van der Waals surface area (Å²) in [6.07, 6.45) is 0. The van der Waals surface area contributed by atoms with Gasteiger partial charge in [-0.05, 0) is 25.1 Å². The fraction of sp³-hybridized carbons (Fsp3) is 0.154. The molecule has 1 heterocycles. The van der Waals surface area contributed by atoms with Crippen LogP contribution in [-0.4, -0.2) is 22.5 Å². The summed E-state index contributed by atoms with van der Waals surface area (Å²) in [6, 6.07) is 8.59. The highest BCUT2D eigenvalue weighted by atomic mass is 35.5. The number of benzene rings is 1. The Hall–Kier alpha value is -2.14. The molecule has 98 valence electrons. The van der Waals surface area contributed by atoms with Crippen LogP contribution in [0.2, 0.25) is 5.02 Å². The Morgan fingerprint density at radius 3 is 2.63 bits per heavy atom. The number of esters is 1. The molecule has 0 atom stereocenters. The molecule has 0 fully saturated rings. The van der Waals surface area contributed by atoms with Crippen LogP contribution in [-0.2, 0) is 4.74 Å². The normalized spacial score (nSPS) is 10.2. The molecule has 2 aromatic rings. The van der Waals surface area contributed by atoms with Crippen molar-refractivity contribution < 1.29 is 9.53 Å². The highest BCUT2D eigenvalue weighted by Crippen LogP contribution is 2.21. The Morgan fingerprint density at radius 1 is 1.32 bits per heavy atom. The predicted octanol–water partition coefficient (Wildman–Crippen LogP) is 2.56. The van der Waals surface area contributed by atoms with E-state index < -0.39 is 5.97 Å². The Kier molecular flexibility index (Phi) is 3.97. The first-order chi connectivity index (χ1) is 9.10. The van der Waals surface area contributed by atoms with Gasteiger partial charge in [0.15, 0.2) is 5.69 Å². The van der Waals surface area contributed by atoms with Gasteiger partial charge < -0.3 is 10.5 Å². The lowest BCUT2D eigenvalue weighted by atomic mass is 10.1. The minimum atomic E-state index is -0.521. The third-order valence-corrected chi connectivity index (χ3v) is 2.62. The molecule has 2 N–H and O–H groups in total. The van der Waals surface area contributed by atoms with Crippen LogP contribution in [0.4, 0.5) is 5.95 Å². The number of hydrogen-bond donors (Lipinski definition) is 1. The van der Waals surface area contributed by atoms with Gasteiger partial charge in [0.2, 0.25) is 5.95 Å². The average Bonchev–Trinajstić information content (AvgIpc) is 2.39. The van der Waals surface area contributed by atoms with Crippen molar-refractivity contribution in [2.75, 3.05) is 12.3 Å². The number of hydrogen-bond acceptors (Lipinski definition) is 5. The largest absolute Gasteiger partial charge is 0.461 e. The molecule has 0 radical (unpaired) electrons. The molecule has 0 bridgehead atoms. The summed E-state index contributed by atoms with van der Waals surface area (Å²) >= 11 is 5.82. The molecule has 0 saturated carbocycles. The summed E-state index contributed by atoms with van der Waals surface area (Å²) in [5.41, 5.74) is 7.09. The van der Waals surface area contributed by atoms with Gasteiger partial charge in [-0.2, -0.15) is 0 Å². The summed E-state index contributed by atoms with van der Waals surface area (Å²) in [5.74, 6) is -0.498. The van der Waals surface area contributed by atoms with Crippen LogP contribution in [0.5, 0.6) is 0 Å². The van der Waals surface area contributed by atoms with E-state index in [0.717, 1.165) is 5.56 Å². The van der Waals surface area contributed by atoms with Crippen LogP contribution in [0.1, 0.15) is 17.4 Å². The molecule has 0 amide bonds. The van der Waals surface area contributed by atoms with Crippen LogP contribution in [0.15, 0.2) is 30.3 Å². The van der Waals surface area contributed by atoms with Crippen LogP contribution in [0.3, 0.4) is 0 Å². The van der Waals surface area contributed by atoms with Crippen molar-refractivity contribution in [2.24, 2.45) is 0 Å². The lowest BCUT2D eigenvalue weighted by Gasteiger charge is -2.05. The first-order valence-corrected chi connectivity index (χ1v) is 6.05. The van der Waals surface area contributed by atoms with Gasteiger partial charge in [0.05, 0.1) is 12.3 Å². The maximum absolute atomic E-state index is 11.6. The lowest BCUT2D eigenvalue weighted by Crippen LogP contribution is -2.10. The van der Waals surface area contributed by atoms with E-state index in [9.17, 15) is 4.79 Å². The predicted molar refractivity (Wildman–Crippen MR) is 72.8 cm³/mol. The van der Waals surface area contributed by atoms with Crippen LogP contribution < -0.4 is 5.73 Å². The Bertz CT molecular complexity index is 599. The van der Waals surface area contributed by atoms with Crippen LogP contribution in [0.25, 0.3) is 11.3 Å². The summed E-state index contributed by atoms with van der Waals surface area (Å²) in [5, 5.41) is 0.622. The second kappa shape index (κ2) is 5.67. The Morgan fingerprint density at radius 2 is 2.00 bits per heavy atom. The van der Waals surface area contributed by atoms with Gasteiger partial charge in [0, 0.05) is 10.6 Å². The number of rotatable bonds is 3. The molecule has 0 aliphatic carbocycles. The maximum atomic E-state index is 11.6. The smallest absolute Gasteiger partial charge is 0.357 e. The quantitative estimate of drug-likeness (QED) is 0.872. The number of aromatic nitrogens is 2. The monoisotopic (exact) mass is 277 g/mol. The van der Waals surface area contributed by atoms with Crippen molar-refractivity contribution in [3.05, 3.63) is 41.0 Å². The first-order valence-electron chi connectivity index (χ1n) is 5.67. The second-order valence-corrected chi connectivity index (χ2v) is 4.16. The number of carbonyl (C=O) groups is 1. The van der Waals surface area contributed by atoms with E-state index in [-0.39, 0.29) is 18.2 Å². The van der Waals surface area contributed by atoms with Crippen LogP contribution in [0, 0.1) is 0 Å². The van der Waals surface area contributed by atoms with Gasteiger partial charge in [0.1, 0.15) is 0 Å².